The average molecular weight is 396 g/mol. The van der Waals surface area contributed by atoms with E-state index in [9.17, 15) is 13.2 Å². The van der Waals surface area contributed by atoms with E-state index in [0.717, 1.165) is 5.56 Å². The minimum Gasteiger partial charge on any atom is -0.338 e. The number of nitrogens with zero attached hydrogens (tertiary/aromatic N) is 1. The second-order valence-electron chi connectivity index (χ2n) is 5.36. The van der Waals surface area contributed by atoms with E-state index < -0.39 is 10.0 Å². The molecule has 1 aromatic carbocycles. The summed E-state index contributed by atoms with van der Waals surface area (Å²) in [5.74, 6) is 0.0663. The van der Waals surface area contributed by atoms with Crippen LogP contribution in [0, 0.1) is 0 Å². The van der Waals surface area contributed by atoms with Crippen molar-refractivity contribution in [1.29, 1.82) is 0 Å². The summed E-state index contributed by atoms with van der Waals surface area (Å²) < 4.78 is 24.5. The van der Waals surface area contributed by atoms with Gasteiger partial charge in [-0.1, -0.05) is 29.3 Å². The largest absolute Gasteiger partial charge is 0.338 e. The molecular formula is C15H23Cl2N3O3S. The molecule has 0 radical (unpaired) electrons. The van der Waals surface area contributed by atoms with Gasteiger partial charge >= 0.3 is 6.03 Å². The van der Waals surface area contributed by atoms with Gasteiger partial charge in [-0.3, -0.25) is 0 Å². The normalized spacial score (nSPS) is 12.9. The Morgan fingerprint density at radius 1 is 1.33 bits per heavy atom. The topological polar surface area (TPSA) is 78.5 Å². The molecule has 1 rings (SSSR count). The lowest BCUT2D eigenvalue weighted by Crippen LogP contribution is -2.38. The molecule has 0 aliphatic heterocycles. The Kier molecular flexibility index (Phi) is 8.29. The fraction of sp³-hybridized carbons (Fsp3) is 0.533. The summed E-state index contributed by atoms with van der Waals surface area (Å²) in [5, 5.41) is 6.50. The van der Waals surface area contributed by atoms with Gasteiger partial charge in [0.25, 0.3) is 0 Å². The summed E-state index contributed by atoms with van der Waals surface area (Å²) in [6, 6.07) is 4.48. The molecule has 0 saturated carbocycles. The lowest BCUT2D eigenvalue weighted by atomic mass is 10.1. The van der Waals surface area contributed by atoms with Crippen molar-refractivity contribution in [1.82, 2.24) is 14.9 Å². The van der Waals surface area contributed by atoms with Gasteiger partial charge in [0.15, 0.2) is 0 Å². The first kappa shape index (κ1) is 21.0. The van der Waals surface area contributed by atoms with Crippen LogP contribution in [0.25, 0.3) is 0 Å². The Labute approximate surface area is 153 Å². The van der Waals surface area contributed by atoms with Gasteiger partial charge in [-0.15, -0.1) is 0 Å². The van der Waals surface area contributed by atoms with Crippen molar-refractivity contribution in [2.75, 3.05) is 25.9 Å². The molecule has 0 bridgehead atoms. The van der Waals surface area contributed by atoms with Gasteiger partial charge < -0.3 is 10.6 Å². The van der Waals surface area contributed by atoms with E-state index >= 15 is 0 Å². The maximum absolute atomic E-state index is 11.9. The number of hydrogen-bond acceptors (Lipinski definition) is 3. The van der Waals surface area contributed by atoms with Crippen LogP contribution in [0.3, 0.4) is 0 Å². The van der Waals surface area contributed by atoms with Gasteiger partial charge in [0.2, 0.25) is 10.0 Å². The van der Waals surface area contributed by atoms with Crippen molar-refractivity contribution in [3.05, 3.63) is 33.8 Å². The zero-order valence-electron chi connectivity index (χ0n) is 14.0. The second-order valence-corrected chi connectivity index (χ2v) is 8.57. The number of nitrogens with one attached hydrogen (secondary N) is 2. The number of hydrogen-bond donors (Lipinski definition) is 2. The predicted molar refractivity (Wildman–Crippen MR) is 98.1 cm³/mol. The summed E-state index contributed by atoms with van der Waals surface area (Å²) in [5.41, 5.74) is 0.769. The lowest BCUT2D eigenvalue weighted by Gasteiger charge is -2.18. The van der Waals surface area contributed by atoms with Crippen molar-refractivity contribution in [3.8, 4) is 0 Å². The van der Waals surface area contributed by atoms with E-state index in [1.54, 1.807) is 25.1 Å². The highest BCUT2D eigenvalue weighted by Gasteiger charge is 2.15. The molecule has 0 aromatic heterocycles. The molecule has 1 atom stereocenters. The first-order valence-electron chi connectivity index (χ1n) is 7.60. The van der Waals surface area contributed by atoms with Crippen molar-refractivity contribution in [2.45, 2.75) is 26.3 Å². The molecule has 0 fully saturated rings. The Bertz CT molecular complexity index is 668. The van der Waals surface area contributed by atoms with E-state index in [2.05, 4.69) is 10.6 Å². The van der Waals surface area contributed by atoms with Crippen LogP contribution < -0.4 is 10.6 Å². The Balaban J connectivity index is 2.39. The second kappa shape index (κ2) is 9.46. The quantitative estimate of drug-likeness (QED) is 0.663. The molecule has 136 valence electrons. The van der Waals surface area contributed by atoms with E-state index in [1.165, 1.54) is 11.4 Å². The van der Waals surface area contributed by atoms with Crippen LogP contribution in [-0.4, -0.2) is 44.6 Å². The number of rotatable bonds is 8. The average Bonchev–Trinajstić information content (AvgIpc) is 2.50. The van der Waals surface area contributed by atoms with Crippen LogP contribution in [0.5, 0.6) is 0 Å². The van der Waals surface area contributed by atoms with Crippen LogP contribution in [-0.2, 0) is 10.0 Å². The Morgan fingerprint density at radius 2 is 2.00 bits per heavy atom. The van der Waals surface area contributed by atoms with Gasteiger partial charge in [0, 0.05) is 30.2 Å². The van der Waals surface area contributed by atoms with E-state index in [4.69, 9.17) is 23.2 Å². The molecule has 0 aliphatic rings. The van der Waals surface area contributed by atoms with E-state index in [0.29, 0.717) is 29.6 Å². The highest BCUT2D eigenvalue weighted by molar-refractivity contribution is 7.89. The van der Waals surface area contributed by atoms with Crippen molar-refractivity contribution in [3.63, 3.8) is 0 Å². The molecule has 24 heavy (non-hydrogen) atoms. The molecule has 2 amide bonds. The monoisotopic (exact) mass is 395 g/mol. The van der Waals surface area contributed by atoms with Gasteiger partial charge in [0.05, 0.1) is 11.8 Å². The third-order valence-electron chi connectivity index (χ3n) is 3.55. The van der Waals surface area contributed by atoms with Crippen molar-refractivity contribution in [2.24, 2.45) is 0 Å². The minimum atomic E-state index is -3.18. The lowest BCUT2D eigenvalue weighted by molar-refractivity contribution is 0.237. The van der Waals surface area contributed by atoms with Crippen LogP contribution in [0.4, 0.5) is 4.79 Å². The summed E-state index contributed by atoms with van der Waals surface area (Å²) in [7, 11) is -1.65. The molecule has 9 heteroatoms. The van der Waals surface area contributed by atoms with Crippen LogP contribution in [0.15, 0.2) is 18.2 Å². The van der Waals surface area contributed by atoms with Crippen LogP contribution in [0.1, 0.15) is 31.9 Å². The Hall–Kier alpha value is -1.02. The molecule has 0 heterocycles. The van der Waals surface area contributed by atoms with Crippen molar-refractivity contribution < 1.29 is 13.2 Å². The number of urea groups is 1. The van der Waals surface area contributed by atoms with Gasteiger partial charge in [0.1, 0.15) is 0 Å². The highest BCUT2D eigenvalue weighted by atomic mass is 35.5. The number of sulfonamides is 1. The number of halogens is 2. The molecule has 0 saturated heterocycles. The smallest absolute Gasteiger partial charge is 0.315 e. The van der Waals surface area contributed by atoms with E-state index in [-0.39, 0.29) is 17.8 Å². The first-order valence-corrected chi connectivity index (χ1v) is 9.97. The Morgan fingerprint density at radius 3 is 2.58 bits per heavy atom. The summed E-state index contributed by atoms with van der Waals surface area (Å²) >= 11 is 12.0. The maximum atomic E-state index is 11.9. The van der Waals surface area contributed by atoms with Crippen LogP contribution in [0.2, 0.25) is 10.0 Å². The molecule has 6 nitrogen and oxygen atoms in total. The molecule has 0 aliphatic carbocycles. The molecular weight excluding hydrogens is 373 g/mol. The van der Waals surface area contributed by atoms with Gasteiger partial charge in [-0.25, -0.2) is 17.5 Å². The summed E-state index contributed by atoms with van der Waals surface area (Å²) in [6.45, 7) is 4.14. The standard InChI is InChI=1S/C15H23Cl2N3O3S/c1-4-24(22,23)20(3)9-5-8-18-15(21)19-11(2)13-7-6-12(16)10-14(13)17/h6-7,10-11H,4-5,8-9H2,1-3H3,(H2,18,19,21). The number of benzene rings is 1. The molecule has 1 aromatic rings. The third kappa shape index (κ3) is 6.47. The molecule has 0 spiro atoms. The molecule has 1 unspecified atom stereocenters. The third-order valence-corrected chi connectivity index (χ3v) is 5.98. The zero-order chi connectivity index (χ0) is 18.3. The predicted octanol–water partition coefficient (Wildman–Crippen LogP) is 3.03. The van der Waals surface area contributed by atoms with Gasteiger partial charge in [-0.05, 0) is 38.0 Å². The number of carbonyl (C=O) groups excluding carboxylic acids is 1. The SMILES string of the molecule is CCS(=O)(=O)N(C)CCCNC(=O)NC(C)c1ccc(Cl)cc1Cl. The fourth-order valence-electron chi connectivity index (χ4n) is 2.04. The van der Waals surface area contributed by atoms with Crippen molar-refractivity contribution >= 4 is 39.3 Å². The van der Waals surface area contributed by atoms with E-state index in [1.807, 2.05) is 6.92 Å². The highest BCUT2D eigenvalue weighted by Crippen LogP contribution is 2.25. The van der Waals surface area contributed by atoms with Crippen LogP contribution >= 0.6 is 23.2 Å². The maximum Gasteiger partial charge on any atom is 0.315 e. The molecule has 2 N–H and O–H groups in total. The number of carbonyl (C=O) groups is 1. The summed E-state index contributed by atoms with van der Waals surface area (Å²) in [6.07, 6.45) is 0.527. The first-order chi connectivity index (χ1) is 11.2. The van der Waals surface area contributed by atoms with Gasteiger partial charge in [-0.2, -0.15) is 0 Å². The number of amides is 2. The summed E-state index contributed by atoms with van der Waals surface area (Å²) in [4.78, 5) is 11.9. The minimum absolute atomic E-state index is 0.0663. The zero-order valence-corrected chi connectivity index (χ0v) is 16.3. The fourth-order valence-corrected chi connectivity index (χ4v) is 3.46.